The molecule has 0 spiro atoms. The number of rotatable bonds is 3. The van der Waals surface area contributed by atoms with Gasteiger partial charge in [0.2, 0.25) is 11.9 Å². The summed E-state index contributed by atoms with van der Waals surface area (Å²) in [7, 11) is 0. The second-order valence-electron chi connectivity index (χ2n) is 3.81. The molecule has 1 fully saturated rings. The van der Waals surface area contributed by atoms with Crippen LogP contribution in [0.3, 0.4) is 0 Å². The molecule has 5 nitrogen and oxygen atoms in total. The fourth-order valence-electron chi connectivity index (χ4n) is 1.71. The maximum absolute atomic E-state index is 11.6. The number of amides is 1. The van der Waals surface area contributed by atoms with Crippen LogP contribution in [-0.4, -0.2) is 28.6 Å². The highest BCUT2D eigenvalue weighted by atomic mass is 16.5. The van der Waals surface area contributed by atoms with Crippen LogP contribution in [0.1, 0.15) is 25.7 Å². The standard InChI is InChI=1S/C11H15N3O2/c15-10(8-9-4-1-2-7-16-9)14-11-12-5-3-6-13-11/h3,5-6,9H,1-2,4,7-8H2,(H,12,13,14,15). The summed E-state index contributed by atoms with van der Waals surface area (Å²) in [4.78, 5) is 19.5. The molecular weight excluding hydrogens is 206 g/mol. The minimum Gasteiger partial charge on any atom is -0.378 e. The fourth-order valence-corrected chi connectivity index (χ4v) is 1.71. The molecule has 16 heavy (non-hydrogen) atoms. The molecule has 86 valence electrons. The van der Waals surface area contributed by atoms with Gasteiger partial charge in [0.25, 0.3) is 0 Å². The van der Waals surface area contributed by atoms with E-state index in [1.807, 2.05) is 0 Å². The molecule has 5 heteroatoms. The number of aromatic nitrogens is 2. The minimum absolute atomic E-state index is 0.0532. The minimum atomic E-state index is -0.0851. The van der Waals surface area contributed by atoms with Gasteiger partial charge in [-0.1, -0.05) is 0 Å². The summed E-state index contributed by atoms with van der Waals surface area (Å²) < 4.78 is 5.48. The van der Waals surface area contributed by atoms with Crippen molar-refractivity contribution in [3.05, 3.63) is 18.5 Å². The molecule has 0 saturated carbocycles. The van der Waals surface area contributed by atoms with Crippen molar-refractivity contribution in [2.45, 2.75) is 31.8 Å². The predicted molar refractivity (Wildman–Crippen MR) is 58.9 cm³/mol. The molecule has 0 aliphatic carbocycles. The van der Waals surface area contributed by atoms with Crippen LogP contribution in [0.15, 0.2) is 18.5 Å². The van der Waals surface area contributed by atoms with Gasteiger partial charge in [-0.15, -0.1) is 0 Å². The first-order valence-electron chi connectivity index (χ1n) is 5.53. The van der Waals surface area contributed by atoms with Crippen molar-refractivity contribution >= 4 is 11.9 Å². The number of nitrogens with one attached hydrogen (secondary N) is 1. The average molecular weight is 221 g/mol. The smallest absolute Gasteiger partial charge is 0.229 e. The lowest BCUT2D eigenvalue weighted by molar-refractivity contribution is -0.119. The molecule has 1 aromatic rings. The van der Waals surface area contributed by atoms with Crippen molar-refractivity contribution in [3.8, 4) is 0 Å². The van der Waals surface area contributed by atoms with Gasteiger partial charge in [0.15, 0.2) is 0 Å². The summed E-state index contributed by atoms with van der Waals surface area (Å²) in [5, 5.41) is 2.65. The van der Waals surface area contributed by atoms with E-state index in [4.69, 9.17) is 4.74 Å². The van der Waals surface area contributed by atoms with E-state index in [2.05, 4.69) is 15.3 Å². The monoisotopic (exact) mass is 221 g/mol. The third-order valence-electron chi connectivity index (χ3n) is 2.50. The molecule has 1 atom stereocenters. The van der Waals surface area contributed by atoms with Crippen LogP contribution in [-0.2, 0) is 9.53 Å². The fraction of sp³-hybridized carbons (Fsp3) is 0.545. The Morgan fingerprint density at radius 2 is 2.25 bits per heavy atom. The van der Waals surface area contributed by atoms with Gasteiger partial charge in [-0.2, -0.15) is 0 Å². The second-order valence-corrected chi connectivity index (χ2v) is 3.81. The molecule has 1 N–H and O–H groups in total. The lowest BCUT2D eigenvalue weighted by atomic mass is 10.1. The number of carbonyl (C=O) groups is 1. The van der Waals surface area contributed by atoms with Crippen LogP contribution < -0.4 is 5.32 Å². The Labute approximate surface area is 94.2 Å². The highest BCUT2D eigenvalue weighted by Gasteiger charge is 2.17. The predicted octanol–water partition coefficient (Wildman–Crippen LogP) is 1.37. The maximum atomic E-state index is 11.6. The summed E-state index contributed by atoms with van der Waals surface area (Å²) in [6.45, 7) is 0.764. The zero-order valence-electron chi connectivity index (χ0n) is 9.06. The van der Waals surface area contributed by atoms with Crippen molar-refractivity contribution in [1.82, 2.24) is 9.97 Å². The van der Waals surface area contributed by atoms with E-state index in [0.717, 1.165) is 25.9 Å². The Bertz CT molecular complexity index is 336. The highest BCUT2D eigenvalue weighted by Crippen LogP contribution is 2.15. The van der Waals surface area contributed by atoms with Gasteiger partial charge in [0.05, 0.1) is 12.5 Å². The van der Waals surface area contributed by atoms with Crippen LogP contribution in [0, 0.1) is 0 Å². The quantitative estimate of drug-likeness (QED) is 0.837. The largest absolute Gasteiger partial charge is 0.378 e. The summed E-state index contributed by atoms with van der Waals surface area (Å²) in [6, 6.07) is 1.71. The van der Waals surface area contributed by atoms with Crippen molar-refractivity contribution < 1.29 is 9.53 Å². The molecule has 0 aromatic carbocycles. The first-order valence-corrected chi connectivity index (χ1v) is 5.53. The zero-order chi connectivity index (χ0) is 11.2. The van der Waals surface area contributed by atoms with Crippen LogP contribution >= 0.6 is 0 Å². The molecule has 0 bridgehead atoms. The van der Waals surface area contributed by atoms with Crippen LogP contribution in [0.5, 0.6) is 0 Å². The van der Waals surface area contributed by atoms with E-state index in [9.17, 15) is 4.79 Å². The van der Waals surface area contributed by atoms with Gasteiger partial charge in [-0.3, -0.25) is 10.1 Å². The number of nitrogens with zero attached hydrogens (tertiary/aromatic N) is 2. The Kier molecular flexibility index (Phi) is 3.82. The number of hydrogen-bond donors (Lipinski definition) is 1. The second kappa shape index (κ2) is 5.55. The number of ether oxygens (including phenoxy) is 1. The Balaban J connectivity index is 1.80. The molecule has 1 amide bonds. The van der Waals surface area contributed by atoms with Gasteiger partial charge < -0.3 is 4.74 Å². The molecule has 1 aliphatic rings. The van der Waals surface area contributed by atoms with Crippen LogP contribution in [0.25, 0.3) is 0 Å². The highest BCUT2D eigenvalue weighted by molar-refractivity contribution is 5.89. The SMILES string of the molecule is O=C(CC1CCCCO1)Nc1ncccn1. The van der Waals surface area contributed by atoms with E-state index < -0.39 is 0 Å². The lowest BCUT2D eigenvalue weighted by Crippen LogP contribution is -2.26. The molecule has 1 aliphatic heterocycles. The number of carbonyl (C=O) groups excluding carboxylic acids is 1. The third kappa shape index (κ3) is 3.27. The van der Waals surface area contributed by atoms with Gasteiger partial charge in [0, 0.05) is 19.0 Å². The summed E-state index contributed by atoms with van der Waals surface area (Å²) in [5.41, 5.74) is 0. The van der Waals surface area contributed by atoms with Gasteiger partial charge >= 0.3 is 0 Å². The van der Waals surface area contributed by atoms with Crippen LogP contribution in [0.2, 0.25) is 0 Å². The number of anilines is 1. The van der Waals surface area contributed by atoms with E-state index in [-0.39, 0.29) is 12.0 Å². The topological polar surface area (TPSA) is 64.1 Å². The molecule has 1 saturated heterocycles. The Hall–Kier alpha value is -1.49. The summed E-state index contributed by atoms with van der Waals surface area (Å²) >= 11 is 0. The van der Waals surface area contributed by atoms with Crippen molar-refractivity contribution in [2.24, 2.45) is 0 Å². The third-order valence-corrected chi connectivity index (χ3v) is 2.50. The molecule has 0 radical (unpaired) electrons. The van der Waals surface area contributed by atoms with E-state index in [1.165, 1.54) is 0 Å². The molecule has 1 aromatic heterocycles. The normalized spacial score (nSPS) is 20.4. The van der Waals surface area contributed by atoms with Crippen molar-refractivity contribution in [3.63, 3.8) is 0 Å². The van der Waals surface area contributed by atoms with Gasteiger partial charge in [-0.05, 0) is 25.3 Å². The maximum Gasteiger partial charge on any atom is 0.229 e. The lowest BCUT2D eigenvalue weighted by Gasteiger charge is -2.21. The van der Waals surface area contributed by atoms with Crippen molar-refractivity contribution in [2.75, 3.05) is 11.9 Å². The van der Waals surface area contributed by atoms with Crippen molar-refractivity contribution in [1.29, 1.82) is 0 Å². The number of hydrogen-bond acceptors (Lipinski definition) is 4. The summed E-state index contributed by atoms with van der Waals surface area (Å²) in [6.07, 6.45) is 6.83. The van der Waals surface area contributed by atoms with Gasteiger partial charge in [0.1, 0.15) is 0 Å². The Morgan fingerprint density at radius 1 is 1.44 bits per heavy atom. The van der Waals surface area contributed by atoms with E-state index in [0.29, 0.717) is 12.4 Å². The molecular formula is C11H15N3O2. The zero-order valence-corrected chi connectivity index (χ0v) is 9.06. The van der Waals surface area contributed by atoms with E-state index in [1.54, 1.807) is 18.5 Å². The molecule has 1 unspecified atom stereocenters. The summed E-state index contributed by atoms with van der Waals surface area (Å²) in [5.74, 6) is 0.265. The Morgan fingerprint density at radius 3 is 2.94 bits per heavy atom. The van der Waals surface area contributed by atoms with E-state index >= 15 is 0 Å². The average Bonchev–Trinajstić information content (AvgIpc) is 2.31. The van der Waals surface area contributed by atoms with Gasteiger partial charge in [-0.25, -0.2) is 9.97 Å². The first kappa shape index (κ1) is 11.0. The first-order chi connectivity index (χ1) is 7.84. The molecule has 2 heterocycles. The van der Waals surface area contributed by atoms with Crippen LogP contribution in [0.4, 0.5) is 5.95 Å². The molecule has 2 rings (SSSR count).